The van der Waals surface area contributed by atoms with Crippen molar-refractivity contribution in [1.29, 1.82) is 0 Å². The number of carbonyl (C=O) groups is 1. The number of amides is 1. The van der Waals surface area contributed by atoms with Crippen molar-refractivity contribution in [3.63, 3.8) is 0 Å². The fourth-order valence-electron chi connectivity index (χ4n) is 1.23. The summed E-state index contributed by atoms with van der Waals surface area (Å²) in [5.74, 6) is 0.343. The highest BCUT2D eigenvalue weighted by atomic mass is 16.2. The summed E-state index contributed by atoms with van der Waals surface area (Å²) in [6, 6.07) is 2.83. The molecule has 1 rings (SSSR count). The molecule has 0 atom stereocenters. The third-order valence-corrected chi connectivity index (χ3v) is 2.15. The monoisotopic (exact) mass is 224 g/mol. The molecule has 6 nitrogen and oxygen atoms in total. The summed E-state index contributed by atoms with van der Waals surface area (Å²) in [4.78, 5) is 24.1. The summed E-state index contributed by atoms with van der Waals surface area (Å²) in [5, 5.41) is 3.87. The first-order valence-corrected chi connectivity index (χ1v) is 5.04. The Morgan fingerprint density at radius 3 is 2.81 bits per heavy atom. The predicted molar refractivity (Wildman–Crippen MR) is 60.8 cm³/mol. The molecule has 0 aliphatic heterocycles. The van der Waals surface area contributed by atoms with E-state index in [2.05, 4.69) is 5.10 Å². The Labute approximate surface area is 93.7 Å². The van der Waals surface area contributed by atoms with Crippen LogP contribution in [0.5, 0.6) is 0 Å². The van der Waals surface area contributed by atoms with E-state index in [0.29, 0.717) is 25.2 Å². The predicted octanol–water partition coefficient (Wildman–Crippen LogP) is -0.306. The summed E-state index contributed by atoms with van der Waals surface area (Å²) in [5.41, 5.74) is 5.26. The number of hydrogen-bond donors (Lipinski definition) is 1. The van der Waals surface area contributed by atoms with E-state index in [1.54, 1.807) is 14.1 Å². The third-order valence-electron chi connectivity index (χ3n) is 2.15. The van der Waals surface area contributed by atoms with E-state index in [1.807, 2.05) is 0 Å². The van der Waals surface area contributed by atoms with E-state index in [4.69, 9.17) is 5.73 Å². The average molecular weight is 224 g/mol. The minimum Gasteiger partial charge on any atom is -0.382 e. The Morgan fingerprint density at radius 2 is 2.19 bits per heavy atom. The van der Waals surface area contributed by atoms with Crippen molar-refractivity contribution in [3.05, 3.63) is 22.5 Å². The smallest absolute Gasteiger partial charge is 0.266 e. The van der Waals surface area contributed by atoms with Crippen LogP contribution >= 0.6 is 0 Å². The molecule has 0 aromatic carbocycles. The first kappa shape index (κ1) is 12.2. The molecule has 6 heteroatoms. The first-order valence-electron chi connectivity index (χ1n) is 5.04. The quantitative estimate of drug-likeness (QED) is 0.761. The molecule has 1 amide bonds. The lowest BCUT2D eigenvalue weighted by atomic mass is 10.3. The van der Waals surface area contributed by atoms with Crippen LogP contribution in [0.2, 0.25) is 0 Å². The van der Waals surface area contributed by atoms with Crippen molar-refractivity contribution >= 4 is 11.7 Å². The summed E-state index contributed by atoms with van der Waals surface area (Å²) in [6.45, 7) is 0.406. The summed E-state index contributed by atoms with van der Waals surface area (Å²) >= 11 is 0. The lowest BCUT2D eigenvalue weighted by molar-refractivity contribution is -0.128. The van der Waals surface area contributed by atoms with Gasteiger partial charge >= 0.3 is 0 Å². The highest BCUT2D eigenvalue weighted by Crippen LogP contribution is 1.96. The molecule has 1 heterocycles. The topological polar surface area (TPSA) is 81.2 Å². The van der Waals surface area contributed by atoms with Gasteiger partial charge in [-0.15, -0.1) is 0 Å². The lowest BCUT2D eigenvalue weighted by Gasteiger charge is -2.10. The van der Waals surface area contributed by atoms with E-state index in [0.717, 1.165) is 0 Å². The van der Waals surface area contributed by atoms with Gasteiger partial charge in [0.1, 0.15) is 5.82 Å². The first-order chi connectivity index (χ1) is 7.50. The van der Waals surface area contributed by atoms with Crippen molar-refractivity contribution in [3.8, 4) is 0 Å². The zero-order valence-electron chi connectivity index (χ0n) is 9.51. The summed E-state index contributed by atoms with van der Waals surface area (Å²) < 4.78 is 1.28. The molecule has 0 aliphatic carbocycles. The number of aryl methyl sites for hydroxylation is 1. The van der Waals surface area contributed by atoms with Crippen LogP contribution in [0, 0.1) is 0 Å². The van der Waals surface area contributed by atoms with Gasteiger partial charge in [-0.25, -0.2) is 4.68 Å². The van der Waals surface area contributed by atoms with Gasteiger partial charge < -0.3 is 10.6 Å². The van der Waals surface area contributed by atoms with Crippen LogP contribution in [0.25, 0.3) is 0 Å². The van der Waals surface area contributed by atoms with Crippen LogP contribution < -0.4 is 11.3 Å². The molecule has 0 saturated carbocycles. The number of aromatic nitrogens is 2. The number of carbonyl (C=O) groups excluding carboxylic acids is 1. The standard InChI is InChI=1S/C10H16N4O2/c1-13(2)9(15)4-3-7-14-10(16)6-5-8(11)12-14/h5-6H,3-4,7H2,1-2H3,(H2,11,12). The average Bonchev–Trinajstić information content (AvgIpc) is 2.22. The van der Waals surface area contributed by atoms with Crippen molar-refractivity contribution < 1.29 is 4.79 Å². The van der Waals surface area contributed by atoms with Gasteiger partial charge in [-0.1, -0.05) is 0 Å². The minimum absolute atomic E-state index is 0.0388. The maximum atomic E-state index is 11.3. The molecular formula is C10H16N4O2. The molecule has 0 spiro atoms. The third kappa shape index (κ3) is 3.38. The van der Waals surface area contributed by atoms with Crippen molar-refractivity contribution in [1.82, 2.24) is 14.7 Å². The second-order valence-electron chi connectivity index (χ2n) is 3.71. The van der Waals surface area contributed by atoms with E-state index in [-0.39, 0.29) is 11.5 Å². The largest absolute Gasteiger partial charge is 0.382 e. The minimum atomic E-state index is -0.202. The van der Waals surface area contributed by atoms with E-state index in [9.17, 15) is 9.59 Å². The van der Waals surface area contributed by atoms with Crippen molar-refractivity contribution in [2.24, 2.45) is 0 Å². The van der Waals surface area contributed by atoms with Gasteiger partial charge in [0.2, 0.25) is 5.91 Å². The van der Waals surface area contributed by atoms with Crippen LogP contribution in [0.15, 0.2) is 16.9 Å². The number of nitrogen functional groups attached to an aromatic ring is 1. The van der Waals surface area contributed by atoms with E-state index >= 15 is 0 Å². The van der Waals surface area contributed by atoms with E-state index in [1.165, 1.54) is 21.7 Å². The molecule has 2 N–H and O–H groups in total. The van der Waals surface area contributed by atoms with Gasteiger partial charge in [-0.05, 0) is 12.5 Å². The molecule has 0 radical (unpaired) electrons. The summed E-state index contributed by atoms with van der Waals surface area (Å²) in [7, 11) is 3.40. The van der Waals surface area contributed by atoms with Gasteiger partial charge in [-0.2, -0.15) is 5.10 Å². The van der Waals surface area contributed by atoms with Crippen molar-refractivity contribution in [2.45, 2.75) is 19.4 Å². The fourth-order valence-corrected chi connectivity index (χ4v) is 1.23. The van der Waals surface area contributed by atoms with Crippen LogP contribution in [-0.4, -0.2) is 34.7 Å². The molecule has 0 bridgehead atoms. The molecule has 1 aromatic rings. The van der Waals surface area contributed by atoms with Crippen LogP contribution in [-0.2, 0) is 11.3 Å². The van der Waals surface area contributed by atoms with Gasteiger partial charge in [0, 0.05) is 33.1 Å². The van der Waals surface area contributed by atoms with Crippen LogP contribution in [0.4, 0.5) is 5.82 Å². The van der Waals surface area contributed by atoms with Crippen LogP contribution in [0.3, 0.4) is 0 Å². The molecule has 0 saturated heterocycles. The summed E-state index contributed by atoms with van der Waals surface area (Å²) in [6.07, 6.45) is 0.975. The van der Waals surface area contributed by atoms with E-state index < -0.39 is 0 Å². The molecule has 0 fully saturated rings. The van der Waals surface area contributed by atoms with Gasteiger partial charge in [-0.3, -0.25) is 9.59 Å². The zero-order chi connectivity index (χ0) is 12.1. The normalized spacial score (nSPS) is 10.1. The maximum Gasteiger partial charge on any atom is 0.266 e. The molecule has 0 unspecified atom stereocenters. The molecule has 16 heavy (non-hydrogen) atoms. The second kappa shape index (κ2) is 5.29. The van der Waals surface area contributed by atoms with Gasteiger partial charge in [0.05, 0.1) is 0 Å². The number of nitrogens with zero attached hydrogens (tertiary/aromatic N) is 3. The maximum absolute atomic E-state index is 11.3. The highest BCUT2D eigenvalue weighted by molar-refractivity contribution is 5.75. The highest BCUT2D eigenvalue weighted by Gasteiger charge is 2.04. The number of nitrogens with two attached hydrogens (primary N) is 1. The molecular weight excluding hydrogens is 208 g/mol. The molecule has 1 aromatic heterocycles. The van der Waals surface area contributed by atoms with Gasteiger partial charge in [0.15, 0.2) is 0 Å². The molecule has 88 valence electrons. The SMILES string of the molecule is CN(C)C(=O)CCCn1nc(N)ccc1=O. The Bertz CT molecular complexity index is 425. The zero-order valence-corrected chi connectivity index (χ0v) is 9.51. The Morgan fingerprint density at radius 1 is 1.50 bits per heavy atom. The second-order valence-corrected chi connectivity index (χ2v) is 3.71. The Kier molecular flexibility index (Phi) is 4.04. The van der Waals surface area contributed by atoms with Crippen LogP contribution in [0.1, 0.15) is 12.8 Å². The molecule has 0 aliphatic rings. The number of hydrogen-bond acceptors (Lipinski definition) is 4. The Hall–Kier alpha value is -1.85. The number of anilines is 1. The lowest BCUT2D eigenvalue weighted by Crippen LogP contribution is -2.25. The van der Waals surface area contributed by atoms with Crippen molar-refractivity contribution in [2.75, 3.05) is 19.8 Å². The Balaban J connectivity index is 2.52. The fraction of sp³-hybridized carbons (Fsp3) is 0.500. The van der Waals surface area contributed by atoms with Gasteiger partial charge in [0.25, 0.3) is 5.56 Å². The number of rotatable bonds is 4.